The molecule has 8 heteroatoms. The van der Waals surface area contributed by atoms with E-state index < -0.39 is 46.0 Å². The summed E-state index contributed by atoms with van der Waals surface area (Å²) in [6.07, 6.45) is 8.99. The Morgan fingerprint density at radius 3 is 2.36 bits per heavy atom. The maximum Gasteiger partial charge on any atom is 0.209 e. The predicted molar refractivity (Wildman–Crippen MR) is 132 cm³/mol. The minimum atomic E-state index is -2.41. The molecule has 0 radical (unpaired) electrons. The molecule has 0 aromatic heterocycles. The van der Waals surface area contributed by atoms with Gasteiger partial charge >= 0.3 is 0 Å². The third-order valence-corrected chi connectivity index (χ3v) is 8.11. The number of ketones is 2. The molecule has 2 aliphatic heterocycles. The summed E-state index contributed by atoms with van der Waals surface area (Å²) in [5.74, 6) is -5.18. The lowest BCUT2D eigenvalue weighted by molar-refractivity contribution is -0.332. The van der Waals surface area contributed by atoms with Gasteiger partial charge in [-0.1, -0.05) is 24.3 Å². The molecule has 2 heterocycles. The lowest BCUT2D eigenvalue weighted by Gasteiger charge is -2.54. The Bertz CT molecular complexity index is 1210. The molecular weight excluding hydrogens is 464 g/mol. The van der Waals surface area contributed by atoms with Gasteiger partial charge in [-0.3, -0.25) is 9.59 Å². The highest BCUT2D eigenvalue weighted by atomic mass is 16.7. The van der Waals surface area contributed by atoms with Crippen molar-refractivity contribution in [2.24, 2.45) is 11.3 Å². The Morgan fingerprint density at radius 1 is 1.08 bits per heavy atom. The lowest BCUT2D eigenvalue weighted by atomic mass is 9.53. The summed E-state index contributed by atoms with van der Waals surface area (Å²) in [5.41, 5.74) is -5.44. The van der Waals surface area contributed by atoms with Gasteiger partial charge in [0.1, 0.15) is 34.6 Å². The summed E-state index contributed by atoms with van der Waals surface area (Å²) in [7, 11) is 0. The fourth-order valence-electron chi connectivity index (χ4n) is 6.45. The second kappa shape index (κ2) is 8.30. The Kier molecular flexibility index (Phi) is 6.02. The van der Waals surface area contributed by atoms with Crippen LogP contribution in [0.1, 0.15) is 54.4 Å². The number of aliphatic hydroxyl groups is 4. The molecule has 1 fully saturated rings. The fourth-order valence-corrected chi connectivity index (χ4v) is 6.45. The molecule has 0 amide bonds. The number of allylic oxidation sites excluding steroid dienone is 6. The molecule has 6 atom stereocenters. The van der Waals surface area contributed by atoms with Crippen LogP contribution in [0.25, 0.3) is 0 Å². The molecule has 0 aromatic carbocycles. The Balaban J connectivity index is 2.09. The molecule has 2 aliphatic carbocycles. The van der Waals surface area contributed by atoms with Crippen molar-refractivity contribution < 1.29 is 39.5 Å². The number of Topliss-reactive ketones (excluding diaryl/α,β-unsaturated/α-hetero) is 2. The van der Waals surface area contributed by atoms with Crippen molar-refractivity contribution in [3.8, 4) is 0 Å². The summed E-state index contributed by atoms with van der Waals surface area (Å²) in [6.45, 7) is 9.35. The van der Waals surface area contributed by atoms with Crippen LogP contribution in [0, 0.1) is 11.3 Å². The van der Waals surface area contributed by atoms with E-state index in [2.05, 4.69) is 0 Å². The molecule has 0 saturated carbocycles. The molecule has 194 valence electrons. The van der Waals surface area contributed by atoms with Crippen LogP contribution >= 0.6 is 0 Å². The molecule has 4 aliphatic rings. The first-order chi connectivity index (χ1) is 16.7. The number of ether oxygens (including phenoxy) is 2. The van der Waals surface area contributed by atoms with E-state index in [-0.39, 0.29) is 46.9 Å². The van der Waals surface area contributed by atoms with Crippen LogP contribution in [0.2, 0.25) is 0 Å². The van der Waals surface area contributed by atoms with Crippen LogP contribution in [-0.4, -0.2) is 55.1 Å². The number of carbonyl (C=O) groups is 2. The van der Waals surface area contributed by atoms with Gasteiger partial charge in [-0.05, 0) is 53.7 Å². The average molecular weight is 499 g/mol. The zero-order valence-electron chi connectivity index (χ0n) is 21.5. The predicted octanol–water partition coefficient (Wildman–Crippen LogP) is 3.79. The molecule has 4 rings (SSSR count). The maximum atomic E-state index is 13.6. The molecule has 0 bridgehead atoms. The third kappa shape index (κ3) is 3.17. The van der Waals surface area contributed by atoms with Crippen molar-refractivity contribution in [3.05, 3.63) is 70.5 Å². The molecule has 8 nitrogen and oxygen atoms in total. The fraction of sp³-hybridized carbons (Fsp3) is 0.500. The van der Waals surface area contributed by atoms with Crippen LogP contribution in [0.5, 0.6) is 0 Å². The van der Waals surface area contributed by atoms with Crippen LogP contribution < -0.4 is 0 Å². The highest BCUT2D eigenvalue weighted by molar-refractivity contribution is 6.05. The van der Waals surface area contributed by atoms with E-state index in [0.717, 1.165) is 0 Å². The second-order valence-electron chi connectivity index (χ2n) is 10.5. The molecule has 4 N–H and O–H groups in total. The minimum Gasteiger partial charge on any atom is -0.508 e. The molecule has 0 spiro atoms. The summed E-state index contributed by atoms with van der Waals surface area (Å²) in [6, 6.07) is 0. The normalized spacial score (nSPS) is 42.3. The van der Waals surface area contributed by atoms with Gasteiger partial charge < -0.3 is 29.9 Å². The van der Waals surface area contributed by atoms with Gasteiger partial charge in [-0.25, -0.2) is 0 Å². The van der Waals surface area contributed by atoms with Gasteiger partial charge in [-0.2, -0.15) is 0 Å². The first-order valence-corrected chi connectivity index (χ1v) is 12.1. The summed E-state index contributed by atoms with van der Waals surface area (Å²) >= 11 is 0. The number of fused-ring (bicyclic) bond motifs is 4. The summed E-state index contributed by atoms with van der Waals surface area (Å²) in [5, 5.41) is 46.0. The first kappa shape index (κ1) is 26.1. The number of aliphatic hydroxyl groups excluding tert-OH is 2. The van der Waals surface area contributed by atoms with E-state index in [1.54, 1.807) is 51.2 Å². The zero-order chi connectivity index (χ0) is 26.8. The van der Waals surface area contributed by atoms with Gasteiger partial charge in [0.25, 0.3) is 0 Å². The van der Waals surface area contributed by atoms with Gasteiger partial charge in [0.05, 0.1) is 11.8 Å². The van der Waals surface area contributed by atoms with Crippen molar-refractivity contribution in [1.82, 2.24) is 0 Å². The molecule has 0 unspecified atom stereocenters. The smallest absolute Gasteiger partial charge is 0.209 e. The van der Waals surface area contributed by atoms with Crippen molar-refractivity contribution >= 4 is 11.6 Å². The number of carbonyl (C=O) groups excluding carboxylic acids is 2. The van der Waals surface area contributed by atoms with Gasteiger partial charge in [0, 0.05) is 29.1 Å². The van der Waals surface area contributed by atoms with E-state index in [1.807, 2.05) is 0 Å². The highest BCUT2D eigenvalue weighted by Crippen LogP contribution is 2.69. The van der Waals surface area contributed by atoms with Gasteiger partial charge in [0.2, 0.25) is 5.79 Å². The Labute approximate surface area is 210 Å². The van der Waals surface area contributed by atoms with Gasteiger partial charge in [0.15, 0.2) is 11.6 Å². The lowest BCUT2D eigenvalue weighted by Crippen LogP contribution is -2.66. The van der Waals surface area contributed by atoms with E-state index in [4.69, 9.17) is 9.47 Å². The topological polar surface area (TPSA) is 134 Å². The molecule has 36 heavy (non-hydrogen) atoms. The molecular formula is C28H34O8. The van der Waals surface area contributed by atoms with Crippen LogP contribution in [-0.2, 0) is 19.1 Å². The third-order valence-electron chi connectivity index (χ3n) is 8.11. The van der Waals surface area contributed by atoms with E-state index in [9.17, 15) is 30.0 Å². The van der Waals surface area contributed by atoms with Crippen molar-refractivity contribution in [3.63, 3.8) is 0 Å². The average Bonchev–Trinajstić information content (AvgIpc) is 3.00. The summed E-state index contributed by atoms with van der Waals surface area (Å²) in [4.78, 5) is 26.8. The Hall–Kier alpha value is -2.94. The first-order valence-electron chi connectivity index (χ1n) is 12.1. The van der Waals surface area contributed by atoms with Crippen molar-refractivity contribution in [2.45, 2.75) is 77.5 Å². The quantitative estimate of drug-likeness (QED) is 0.262. The van der Waals surface area contributed by atoms with E-state index in [0.29, 0.717) is 0 Å². The Morgan fingerprint density at radius 2 is 1.75 bits per heavy atom. The van der Waals surface area contributed by atoms with Gasteiger partial charge in [-0.15, -0.1) is 0 Å². The van der Waals surface area contributed by atoms with Crippen LogP contribution in [0.15, 0.2) is 70.5 Å². The number of rotatable bonds is 3. The standard InChI is InChI=1S/C28H34O8/c1-7-9-10-12-18(29)20-21(31)15(3)23(32)27(6)22(20)26(5)24-17(14-25(4,33)28(26,34)36-27)19(30)13-16(35-24)11-8-2/h7-12,16,22,29,31,33-34H,13-14H2,1-6H3/t16-,22+,25-,26+,27-,28-/m0/s1. The van der Waals surface area contributed by atoms with E-state index >= 15 is 0 Å². The van der Waals surface area contributed by atoms with Crippen LogP contribution in [0.4, 0.5) is 0 Å². The molecule has 1 saturated heterocycles. The van der Waals surface area contributed by atoms with Crippen molar-refractivity contribution in [2.75, 3.05) is 0 Å². The highest BCUT2D eigenvalue weighted by Gasteiger charge is 2.80. The van der Waals surface area contributed by atoms with Crippen molar-refractivity contribution in [1.29, 1.82) is 0 Å². The second-order valence-corrected chi connectivity index (χ2v) is 10.5. The molecule has 0 aromatic rings. The number of hydrogen-bond acceptors (Lipinski definition) is 8. The largest absolute Gasteiger partial charge is 0.508 e. The SMILES string of the molecule is CC=CC=CC(O)=C1C(O)=C(C)C(=O)[C@@]2(C)O[C@@]3(O)[C@@](C)(O)CC4=C(O[C@@H](C=CC)CC4=O)[C@@]3(C)[C@@H]12. The van der Waals surface area contributed by atoms with E-state index in [1.165, 1.54) is 26.8 Å². The zero-order valence-corrected chi connectivity index (χ0v) is 21.5. The minimum absolute atomic E-state index is 0.0393. The summed E-state index contributed by atoms with van der Waals surface area (Å²) < 4.78 is 12.4. The monoisotopic (exact) mass is 498 g/mol. The van der Waals surface area contributed by atoms with Crippen LogP contribution in [0.3, 0.4) is 0 Å². The maximum absolute atomic E-state index is 13.6. The number of hydrogen-bond donors (Lipinski definition) is 4.